The summed E-state index contributed by atoms with van der Waals surface area (Å²) in [4.78, 5) is 28.4. The van der Waals surface area contributed by atoms with Crippen molar-refractivity contribution in [3.8, 4) is 11.5 Å². The van der Waals surface area contributed by atoms with Crippen molar-refractivity contribution in [2.45, 2.75) is 45.4 Å². The Labute approximate surface area is 165 Å². The summed E-state index contributed by atoms with van der Waals surface area (Å²) in [5.41, 5.74) is 3.53. The molecule has 28 heavy (non-hydrogen) atoms. The van der Waals surface area contributed by atoms with Crippen molar-refractivity contribution in [1.82, 2.24) is 4.98 Å². The van der Waals surface area contributed by atoms with E-state index in [0.717, 1.165) is 24.1 Å². The number of ketones is 1. The van der Waals surface area contributed by atoms with Crippen LogP contribution >= 0.6 is 0 Å². The Hall–Kier alpha value is -2.76. The Balaban J connectivity index is 1.86. The van der Waals surface area contributed by atoms with Crippen LogP contribution in [0.4, 0.5) is 0 Å². The molecule has 150 valence electrons. The smallest absolute Gasteiger partial charge is 0.355 e. The maximum atomic E-state index is 12.8. The molecule has 3 rings (SSSR count). The number of benzene rings is 1. The highest BCUT2D eigenvalue weighted by molar-refractivity contribution is 6.03. The summed E-state index contributed by atoms with van der Waals surface area (Å²) >= 11 is 0. The lowest BCUT2D eigenvalue weighted by molar-refractivity contribution is 0.0492. The molecule has 0 unspecified atom stereocenters. The summed E-state index contributed by atoms with van der Waals surface area (Å²) in [6, 6.07) is 5.72. The van der Waals surface area contributed by atoms with Crippen molar-refractivity contribution in [3.05, 3.63) is 46.3 Å². The number of esters is 1. The lowest BCUT2D eigenvalue weighted by atomic mass is 9.81. The van der Waals surface area contributed by atoms with Crippen molar-refractivity contribution in [2.24, 2.45) is 0 Å². The number of hydrogen-bond acceptors (Lipinski definition) is 5. The highest BCUT2D eigenvalue weighted by Gasteiger charge is 2.32. The first kappa shape index (κ1) is 20.0. The van der Waals surface area contributed by atoms with Crippen LogP contribution in [0.5, 0.6) is 11.5 Å². The van der Waals surface area contributed by atoms with Crippen LogP contribution in [0.3, 0.4) is 0 Å². The van der Waals surface area contributed by atoms with E-state index in [0.29, 0.717) is 47.8 Å². The fourth-order valence-electron chi connectivity index (χ4n) is 3.76. The number of aromatic amines is 1. The molecular weight excluding hydrogens is 358 g/mol. The van der Waals surface area contributed by atoms with Gasteiger partial charge in [-0.2, -0.15) is 0 Å². The van der Waals surface area contributed by atoms with Gasteiger partial charge in [0.2, 0.25) is 0 Å². The summed E-state index contributed by atoms with van der Waals surface area (Å²) in [5, 5.41) is 0. The molecule has 1 aliphatic carbocycles. The number of Topliss-reactive ketones (excluding diaryl/α,β-unsaturated/α-hetero) is 1. The minimum atomic E-state index is -0.393. The van der Waals surface area contributed by atoms with E-state index in [4.69, 9.17) is 14.2 Å². The maximum absolute atomic E-state index is 12.8. The lowest BCUT2D eigenvalue weighted by Crippen LogP contribution is -2.18. The largest absolute Gasteiger partial charge is 0.493 e. The van der Waals surface area contributed by atoms with Crippen LogP contribution in [0, 0.1) is 6.92 Å². The number of fused-ring (bicyclic) bond motifs is 1. The summed E-state index contributed by atoms with van der Waals surface area (Å²) in [7, 11) is 3.19. The van der Waals surface area contributed by atoms with Gasteiger partial charge in [0.15, 0.2) is 17.3 Å². The summed E-state index contributed by atoms with van der Waals surface area (Å²) < 4.78 is 16.0. The van der Waals surface area contributed by atoms with Crippen molar-refractivity contribution in [1.29, 1.82) is 0 Å². The first-order valence-corrected chi connectivity index (χ1v) is 9.63. The topological polar surface area (TPSA) is 77.6 Å². The highest BCUT2D eigenvalue weighted by atomic mass is 16.5. The Morgan fingerprint density at radius 1 is 1.18 bits per heavy atom. The second kappa shape index (κ2) is 8.50. The van der Waals surface area contributed by atoms with Crippen LogP contribution < -0.4 is 9.47 Å². The van der Waals surface area contributed by atoms with Gasteiger partial charge in [-0.3, -0.25) is 4.79 Å². The molecule has 0 fully saturated rings. The normalized spacial score (nSPS) is 15.9. The Morgan fingerprint density at radius 3 is 2.61 bits per heavy atom. The molecule has 0 bridgehead atoms. The molecule has 0 spiro atoms. The predicted octanol–water partition coefficient (Wildman–Crippen LogP) is 4.21. The molecular formula is C22H27NO5. The van der Waals surface area contributed by atoms with Gasteiger partial charge in [0.25, 0.3) is 0 Å². The fourth-order valence-corrected chi connectivity index (χ4v) is 3.76. The third-order valence-electron chi connectivity index (χ3n) is 5.30. The van der Waals surface area contributed by atoms with Crippen LogP contribution in [0.25, 0.3) is 0 Å². The molecule has 1 heterocycles. The third kappa shape index (κ3) is 3.77. The van der Waals surface area contributed by atoms with Crippen molar-refractivity contribution >= 4 is 11.8 Å². The molecule has 6 heteroatoms. The molecule has 1 aromatic carbocycles. The number of methoxy groups -OCH3 is 2. The number of carbonyl (C=O) groups excluding carboxylic acids is 2. The highest BCUT2D eigenvalue weighted by Crippen LogP contribution is 2.38. The van der Waals surface area contributed by atoms with Crippen LogP contribution in [0.1, 0.15) is 69.8 Å². The number of carbonyl (C=O) groups is 2. The van der Waals surface area contributed by atoms with E-state index in [9.17, 15) is 9.59 Å². The van der Waals surface area contributed by atoms with Gasteiger partial charge in [0, 0.05) is 17.7 Å². The Bertz CT molecular complexity index is 883. The van der Waals surface area contributed by atoms with Gasteiger partial charge < -0.3 is 19.2 Å². The van der Waals surface area contributed by atoms with Crippen LogP contribution in [-0.2, 0) is 11.2 Å². The van der Waals surface area contributed by atoms with Gasteiger partial charge in [-0.1, -0.05) is 19.4 Å². The summed E-state index contributed by atoms with van der Waals surface area (Å²) in [6.07, 6.45) is 2.83. The maximum Gasteiger partial charge on any atom is 0.355 e. The number of hydrogen-bond donors (Lipinski definition) is 1. The molecule has 0 saturated heterocycles. The zero-order valence-electron chi connectivity index (χ0n) is 16.9. The molecule has 1 aliphatic rings. The average Bonchev–Trinajstić information content (AvgIpc) is 3.04. The molecule has 1 N–H and O–H groups in total. The number of aromatic nitrogens is 1. The number of unbranched alkanes of at least 4 members (excludes halogenated alkanes) is 1. The number of H-pyrrole nitrogens is 1. The van der Waals surface area contributed by atoms with E-state index in [1.807, 2.05) is 25.1 Å². The Kier molecular flexibility index (Phi) is 6.07. The standard InChI is InChI=1S/C22H27NO5/c1-5-6-9-28-22(25)21-13(2)20-16(23-21)10-15(11-17(20)24)14-7-8-18(26-3)19(12-14)27-4/h7-8,12,15,23H,5-6,9-11H2,1-4H3/t15-/m0/s1. The van der Waals surface area contributed by atoms with E-state index in [1.165, 1.54) is 0 Å². The average molecular weight is 385 g/mol. The zero-order valence-corrected chi connectivity index (χ0v) is 16.9. The third-order valence-corrected chi connectivity index (χ3v) is 5.30. The quantitative estimate of drug-likeness (QED) is 0.571. The minimum absolute atomic E-state index is 0.0156. The second-order valence-corrected chi connectivity index (χ2v) is 7.11. The van der Waals surface area contributed by atoms with Gasteiger partial charge in [-0.15, -0.1) is 0 Å². The summed E-state index contributed by atoms with van der Waals surface area (Å²) in [6.45, 7) is 4.24. The van der Waals surface area contributed by atoms with E-state index < -0.39 is 5.97 Å². The lowest BCUT2D eigenvalue weighted by Gasteiger charge is -2.23. The summed E-state index contributed by atoms with van der Waals surface area (Å²) in [5.74, 6) is 0.961. The van der Waals surface area contributed by atoms with Crippen molar-refractivity contribution in [3.63, 3.8) is 0 Å². The van der Waals surface area contributed by atoms with Crippen LogP contribution in [0.15, 0.2) is 18.2 Å². The van der Waals surface area contributed by atoms with Crippen LogP contribution in [-0.4, -0.2) is 37.6 Å². The van der Waals surface area contributed by atoms with Gasteiger partial charge in [-0.25, -0.2) is 4.79 Å². The van der Waals surface area contributed by atoms with Crippen molar-refractivity contribution < 1.29 is 23.8 Å². The molecule has 2 aromatic rings. The first-order valence-electron chi connectivity index (χ1n) is 9.63. The number of ether oxygens (including phenoxy) is 3. The fraction of sp³-hybridized carbons (Fsp3) is 0.455. The molecule has 1 aromatic heterocycles. The minimum Gasteiger partial charge on any atom is -0.493 e. The van der Waals surface area contributed by atoms with E-state index in [2.05, 4.69) is 4.98 Å². The SMILES string of the molecule is CCCCOC(=O)c1[nH]c2c(c1C)C(=O)C[C@@H](c1ccc(OC)c(OC)c1)C2. The van der Waals surface area contributed by atoms with E-state index in [1.54, 1.807) is 21.1 Å². The number of nitrogens with one attached hydrogen (secondary N) is 1. The van der Waals surface area contributed by atoms with Crippen molar-refractivity contribution in [2.75, 3.05) is 20.8 Å². The second-order valence-electron chi connectivity index (χ2n) is 7.11. The van der Waals surface area contributed by atoms with Crippen LogP contribution in [0.2, 0.25) is 0 Å². The predicted molar refractivity (Wildman–Crippen MR) is 106 cm³/mol. The van der Waals surface area contributed by atoms with Gasteiger partial charge in [-0.05, 0) is 48.9 Å². The number of rotatable bonds is 7. The Morgan fingerprint density at radius 2 is 1.93 bits per heavy atom. The molecule has 0 radical (unpaired) electrons. The first-order chi connectivity index (χ1) is 13.5. The molecule has 6 nitrogen and oxygen atoms in total. The molecule has 1 atom stereocenters. The van der Waals surface area contributed by atoms with Gasteiger partial charge in [0.05, 0.1) is 20.8 Å². The van der Waals surface area contributed by atoms with Gasteiger partial charge >= 0.3 is 5.97 Å². The van der Waals surface area contributed by atoms with Gasteiger partial charge in [0.1, 0.15) is 5.69 Å². The zero-order chi connectivity index (χ0) is 20.3. The molecule has 0 amide bonds. The molecule has 0 saturated carbocycles. The van der Waals surface area contributed by atoms with E-state index in [-0.39, 0.29) is 11.7 Å². The molecule has 0 aliphatic heterocycles. The monoisotopic (exact) mass is 385 g/mol. The van der Waals surface area contributed by atoms with E-state index >= 15 is 0 Å².